The van der Waals surface area contributed by atoms with Crippen LogP contribution in [0.3, 0.4) is 0 Å². The van der Waals surface area contributed by atoms with Crippen molar-refractivity contribution in [3.05, 3.63) is 59.2 Å². The predicted octanol–water partition coefficient (Wildman–Crippen LogP) is 2.93. The van der Waals surface area contributed by atoms with Crippen molar-refractivity contribution >= 4 is 23.3 Å². The lowest BCUT2D eigenvalue weighted by molar-refractivity contribution is -0.146. The van der Waals surface area contributed by atoms with E-state index in [9.17, 15) is 14.4 Å². The third-order valence-electron chi connectivity index (χ3n) is 3.81. The van der Waals surface area contributed by atoms with Crippen LogP contribution in [0.15, 0.2) is 42.5 Å². The highest BCUT2D eigenvalue weighted by atomic mass is 16.5. The number of anilines is 1. The molecule has 0 aromatic heterocycles. The van der Waals surface area contributed by atoms with Gasteiger partial charge in [0, 0.05) is 16.8 Å². The number of carbonyl (C=O) groups is 3. The topological polar surface area (TPSA) is 81.7 Å². The molecule has 6 heteroatoms. The Morgan fingerprint density at radius 2 is 1.81 bits per heavy atom. The van der Waals surface area contributed by atoms with Crippen molar-refractivity contribution in [2.45, 2.75) is 20.3 Å². The van der Waals surface area contributed by atoms with Crippen LogP contribution in [0.1, 0.15) is 28.4 Å². The second-order valence-corrected chi connectivity index (χ2v) is 5.78. The fourth-order valence-corrected chi connectivity index (χ4v) is 2.39. The molecule has 2 aromatic rings. The Morgan fingerprint density at radius 1 is 1.08 bits per heavy atom. The van der Waals surface area contributed by atoms with Crippen LogP contribution in [-0.4, -0.2) is 31.4 Å². The average Bonchev–Trinajstić information content (AvgIpc) is 2.62. The molecule has 0 aliphatic rings. The van der Waals surface area contributed by atoms with Gasteiger partial charge in [-0.25, -0.2) is 0 Å². The summed E-state index contributed by atoms with van der Waals surface area (Å²) in [5.74, 6) is -0.628. The van der Waals surface area contributed by atoms with Crippen LogP contribution in [0.25, 0.3) is 0 Å². The third-order valence-corrected chi connectivity index (χ3v) is 3.81. The summed E-state index contributed by atoms with van der Waals surface area (Å²) in [4.78, 5) is 35.5. The number of benzene rings is 2. The largest absolute Gasteiger partial charge is 0.496 e. The summed E-state index contributed by atoms with van der Waals surface area (Å²) in [7, 11) is 1.48. The zero-order valence-electron chi connectivity index (χ0n) is 15.0. The van der Waals surface area contributed by atoms with Gasteiger partial charge in [-0.1, -0.05) is 18.2 Å². The Hall–Kier alpha value is -3.15. The molecule has 0 aliphatic carbocycles. The van der Waals surface area contributed by atoms with Crippen LogP contribution < -0.4 is 10.1 Å². The van der Waals surface area contributed by atoms with Crippen molar-refractivity contribution in [1.29, 1.82) is 0 Å². The second kappa shape index (κ2) is 8.80. The van der Waals surface area contributed by atoms with Crippen molar-refractivity contribution in [1.82, 2.24) is 0 Å². The standard InChI is InChI=1S/C20H21NO5/c1-13-6-4-5-7-17(13)21-19(23)12-26-20(24)11-16-10-15(14(2)22)8-9-18(16)25-3/h4-10H,11-12H2,1-3H3,(H,21,23). The molecular formula is C20H21NO5. The number of hydrogen-bond acceptors (Lipinski definition) is 5. The Kier molecular flexibility index (Phi) is 6.49. The van der Waals surface area contributed by atoms with E-state index in [1.54, 1.807) is 24.3 Å². The first-order valence-corrected chi connectivity index (χ1v) is 8.09. The zero-order valence-corrected chi connectivity index (χ0v) is 15.0. The Balaban J connectivity index is 1.94. The van der Waals surface area contributed by atoms with E-state index in [4.69, 9.17) is 9.47 Å². The minimum Gasteiger partial charge on any atom is -0.496 e. The number of ketones is 1. The van der Waals surface area contributed by atoms with E-state index in [1.807, 2.05) is 25.1 Å². The number of ether oxygens (including phenoxy) is 2. The molecular weight excluding hydrogens is 334 g/mol. The van der Waals surface area contributed by atoms with E-state index in [-0.39, 0.29) is 18.8 Å². The van der Waals surface area contributed by atoms with E-state index in [0.29, 0.717) is 22.6 Å². The fraction of sp³-hybridized carbons (Fsp3) is 0.250. The number of methoxy groups -OCH3 is 1. The Labute approximate surface area is 152 Å². The number of carbonyl (C=O) groups excluding carboxylic acids is 3. The second-order valence-electron chi connectivity index (χ2n) is 5.78. The van der Waals surface area contributed by atoms with Crippen LogP contribution in [0.2, 0.25) is 0 Å². The van der Waals surface area contributed by atoms with Crippen LogP contribution in [0.5, 0.6) is 5.75 Å². The van der Waals surface area contributed by atoms with E-state index in [2.05, 4.69) is 5.32 Å². The Morgan fingerprint density at radius 3 is 2.46 bits per heavy atom. The molecule has 26 heavy (non-hydrogen) atoms. The molecule has 1 amide bonds. The number of nitrogens with one attached hydrogen (secondary N) is 1. The summed E-state index contributed by atoms with van der Waals surface area (Å²) in [5, 5.41) is 2.69. The van der Waals surface area contributed by atoms with Gasteiger partial charge in [-0.15, -0.1) is 0 Å². The lowest BCUT2D eigenvalue weighted by Crippen LogP contribution is -2.22. The summed E-state index contributed by atoms with van der Waals surface area (Å²) < 4.78 is 10.2. The van der Waals surface area contributed by atoms with Gasteiger partial charge < -0.3 is 14.8 Å². The van der Waals surface area contributed by atoms with E-state index >= 15 is 0 Å². The molecule has 2 aromatic carbocycles. The number of para-hydroxylation sites is 1. The molecule has 0 saturated heterocycles. The van der Waals surface area contributed by atoms with Crippen molar-refractivity contribution in [3.63, 3.8) is 0 Å². The summed E-state index contributed by atoms with van der Waals surface area (Å²) in [6.45, 7) is 2.93. The van der Waals surface area contributed by atoms with Crippen molar-refractivity contribution in [2.75, 3.05) is 19.0 Å². The van der Waals surface area contributed by atoms with Crippen molar-refractivity contribution in [3.8, 4) is 5.75 Å². The van der Waals surface area contributed by atoms with E-state index in [0.717, 1.165) is 5.56 Å². The highest BCUT2D eigenvalue weighted by Crippen LogP contribution is 2.21. The lowest BCUT2D eigenvalue weighted by atomic mass is 10.0. The van der Waals surface area contributed by atoms with Crippen LogP contribution in [0, 0.1) is 6.92 Å². The first-order chi connectivity index (χ1) is 12.4. The number of amides is 1. The number of hydrogen-bond donors (Lipinski definition) is 1. The molecule has 0 bridgehead atoms. The highest BCUT2D eigenvalue weighted by molar-refractivity contribution is 5.95. The van der Waals surface area contributed by atoms with Crippen LogP contribution >= 0.6 is 0 Å². The molecule has 0 spiro atoms. The van der Waals surface area contributed by atoms with Gasteiger partial charge in [-0.3, -0.25) is 14.4 Å². The fourth-order valence-electron chi connectivity index (χ4n) is 2.39. The van der Waals surface area contributed by atoms with E-state index in [1.165, 1.54) is 14.0 Å². The molecule has 6 nitrogen and oxygen atoms in total. The summed E-state index contributed by atoms with van der Waals surface area (Å²) >= 11 is 0. The van der Waals surface area contributed by atoms with Gasteiger partial charge in [0.25, 0.3) is 5.91 Å². The maximum atomic E-state index is 12.0. The van der Waals surface area contributed by atoms with Gasteiger partial charge in [-0.05, 0) is 43.7 Å². The molecule has 2 rings (SSSR count). The van der Waals surface area contributed by atoms with Crippen molar-refractivity contribution in [2.24, 2.45) is 0 Å². The van der Waals surface area contributed by atoms with Crippen LogP contribution in [-0.2, 0) is 20.7 Å². The SMILES string of the molecule is COc1ccc(C(C)=O)cc1CC(=O)OCC(=O)Nc1ccccc1C. The predicted molar refractivity (Wildman–Crippen MR) is 97.5 cm³/mol. The molecule has 0 aliphatic heterocycles. The van der Waals surface area contributed by atoms with Gasteiger partial charge in [0.1, 0.15) is 5.75 Å². The molecule has 136 valence electrons. The lowest BCUT2D eigenvalue weighted by Gasteiger charge is -2.11. The first kappa shape index (κ1) is 19.2. The summed E-state index contributed by atoms with van der Waals surface area (Å²) in [6, 6.07) is 12.2. The summed E-state index contributed by atoms with van der Waals surface area (Å²) in [5.41, 5.74) is 2.60. The summed E-state index contributed by atoms with van der Waals surface area (Å²) in [6.07, 6.45) is -0.0953. The quantitative estimate of drug-likeness (QED) is 0.610. The molecule has 1 N–H and O–H groups in total. The van der Waals surface area contributed by atoms with Crippen LogP contribution in [0.4, 0.5) is 5.69 Å². The highest BCUT2D eigenvalue weighted by Gasteiger charge is 2.14. The van der Waals surface area contributed by atoms with Gasteiger partial charge in [-0.2, -0.15) is 0 Å². The molecule has 0 atom stereocenters. The smallest absolute Gasteiger partial charge is 0.310 e. The maximum absolute atomic E-state index is 12.0. The van der Waals surface area contributed by atoms with Gasteiger partial charge in [0.15, 0.2) is 12.4 Å². The maximum Gasteiger partial charge on any atom is 0.310 e. The number of aryl methyl sites for hydroxylation is 1. The van der Waals surface area contributed by atoms with Gasteiger partial charge in [0.05, 0.1) is 13.5 Å². The third kappa shape index (κ3) is 5.17. The number of Topliss-reactive ketones (excluding diaryl/α,β-unsaturated/α-hetero) is 1. The number of rotatable bonds is 7. The van der Waals surface area contributed by atoms with Gasteiger partial charge >= 0.3 is 5.97 Å². The average molecular weight is 355 g/mol. The molecule has 0 radical (unpaired) electrons. The minimum atomic E-state index is -0.580. The molecule has 0 fully saturated rings. The number of esters is 1. The van der Waals surface area contributed by atoms with E-state index < -0.39 is 11.9 Å². The first-order valence-electron chi connectivity index (χ1n) is 8.09. The monoisotopic (exact) mass is 355 g/mol. The molecule has 0 heterocycles. The Bertz CT molecular complexity index is 829. The zero-order chi connectivity index (χ0) is 19.1. The van der Waals surface area contributed by atoms with Gasteiger partial charge in [0.2, 0.25) is 0 Å². The molecule has 0 saturated carbocycles. The van der Waals surface area contributed by atoms with Crippen molar-refractivity contribution < 1.29 is 23.9 Å². The normalized spacial score (nSPS) is 10.1. The molecule has 0 unspecified atom stereocenters. The minimum absolute atomic E-state index is 0.0953.